The summed E-state index contributed by atoms with van der Waals surface area (Å²) in [5, 5.41) is 1.05. The van der Waals surface area contributed by atoms with Crippen LogP contribution in [0, 0.1) is 0 Å². The zero-order valence-corrected chi connectivity index (χ0v) is 17.2. The van der Waals surface area contributed by atoms with Gasteiger partial charge in [-0.25, -0.2) is 4.98 Å². The highest BCUT2D eigenvalue weighted by Gasteiger charge is 2.26. The van der Waals surface area contributed by atoms with Gasteiger partial charge >= 0.3 is 0 Å². The monoisotopic (exact) mass is 396 g/mol. The van der Waals surface area contributed by atoms with Crippen molar-refractivity contribution in [2.75, 3.05) is 44.2 Å². The van der Waals surface area contributed by atoms with Gasteiger partial charge in [0.1, 0.15) is 4.83 Å². The fourth-order valence-corrected chi connectivity index (χ4v) is 5.48. The molecule has 0 spiro atoms. The molecule has 3 heterocycles. The van der Waals surface area contributed by atoms with Crippen molar-refractivity contribution in [3.05, 3.63) is 10.9 Å². The van der Waals surface area contributed by atoms with E-state index in [-0.39, 0.29) is 12.0 Å². The number of aromatic nitrogens is 1. The third-order valence-corrected chi connectivity index (χ3v) is 6.96. The number of anilines is 1. The first-order valence-electron chi connectivity index (χ1n) is 9.42. The fourth-order valence-electron chi connectivity index (χ4n) is 3.17. The SMILES string of the molecule is CCN(CC)c1nc2sc(C(=O)N3CCC(OCCCN)CC3)cc2s1. The first-order valence-corrected chi connectivity index (χ1v) is 11.1. The number of nitrogens with zero attached hydrogens (tertiary/aromatic N) is 3. The lowest BCUT2D eigenvalue weighted by Gasteiger charge is -2.31. The Labute approximate surface area is 162 Å². The minimum atomic E-state index is 0.130. The van der Waals surface area contributed by atoms with Gasteiger partial charge < -0.3 is 20.3 Å². The van der Waals surface area contributed by atoms with Crippen molar-refractivity contribution in [3.63, 3.8) is 0 Å². The summed E-state index contributed by atoms with van der Waals surface area (Å²) in [5.41, 5.74) is 5.50. The molecule has 0 atom stereocenters. The van der Waals surface area contributed by atoms with E-state index in [4.69, 9.17) is 15.5 Å². The minimum absolute atomic E-state index is 0.130. The molecule has 0 unspecified atom stereocenters. The number of nitrogens with two attached hydrogens (primary N) is 1. The lowest BCUT2D eigenvalue weighted by molar-refractivity contribution is 0.00858. The number of hydrogen-bond donors (Lipinski definition) is 1. The number of amides is 1. The molecule has 0 radical (unpaired) electrons. The normalized spacial score (nSPS) is 15.7. The molecule has 0 aromatic carbocycles. The average molecular weight is 397 g/mol. The molecule has 3 rings (SSSR count). The molecule has 144 valence electrons. The second kappa shape index (κ2) is 9.12. The van der Waals surface area contributed by atoms with Crippen LogP contribution in [0.1, 0.15) is 42.8 Å². The summed E-state index contributed by atoms with van der Waals surface area (Å²) in [6.45, 7) is 9.07. The maximum Gasteiger partial charge on any atom is 0.264 e. The summed E-state index contributed by atoms with van der Waals surface area (Å²) in [5.74, 6) is 0.130. The van der Waals surface area contributed by atoms with Gasteiger partial charge in [-0.2, -0.15) is 0 Å². The Hall–Kier alpha value is -1.22. The lowest BCUT2D eigenvalue weighted by atomic mass is 10.1. The Morgan fingerprint density at radius 3 is 2.69 bits per heavy atom. The van der Waals surface area contributed by atoms with E-state index in [1.54, 1.807) is 11.3 Å². The van der Waals surface area contributed by atoms with E-state index in [0.29, 0.717) is 6.54 Å². The number of hydrogen-bond acceptors (Lipinski definition) is 7. The van der Waals surface area contributed by atoms with E-state index < -0.39 is 0 Å². The van der Waals surface area contributed by atoms with Crippen LogP contribution in [0.5, 0.6) is 0 Å². The minimum Gasteiger partial charge on any atom is -0.378 e. The molecule has 8 heteroatoms. The Bertz CT molecular complexity index is 686. The molecule has 1 fully saturated rings. The van der Waals surface area contributed by atoms with Gasteiger partial charge in [-0.15, -0.1) is 11.3 Å². The van der Waals surface area contributed by atoms with Crippen molar-refractivity contribution in [2.45, 2.75) is 39.2 Å². The third kappa shape index (κ3) is 4.36. The van der Waals surface area contributed by atoms with Gasteiger partial charge in [-0.1, -0.05) is 11.3 Å². The van der Waals surface area contributed by atoms with Crippen molar-refractivity contribution >= 4 is 43.2 Å². The maximum absolute atomic E-state index is 12.8. The number of piperidine rings is 1. The number of likely N-dealkylation sites (tertiary alicyclic amines) is 1. The van der Waals surface area contributed by atoms with Gasteiger partial charge in [0, 0.05) is 32.8 Å². The van der Waals surface area contributed by atoms with Crippen molar-refractivity contribution < 1.29 is 9.53 Å². The molecular formula is C18H28N4O2S2. The Morgan fingerprint density at radius 2 is 2.08 bits per heavy atom. The van der Waals surface area contributed by atoms with E-state index in [1.807, 2.05) is 11.0 Å². The molecule has 1 aliphatic rings. The molecular weight excluding hydrogens is 368 g/mol. The number of rotatable bonds is 8. The number of fused-ring (bicyclic) bond motifs is 1. The average Bonchev–Trinajstić information content (AvgIpc) is 3.22. The first kappa shape index (κ1) is 19.5. The molecule has 0 bridgehead atoms. The predicted octanol–water partition coefficient (Wildman–Crippen LogP) is 3.17. The van der Waals surface area contributed by atoms with E-state index in [9.17, 15) is 4.79 Å². The van der Waals surface area contributed by atoms with Crippen LogP contribution in [0.25, 0.3) is 9.53 Å². The number of carbonyl (C=O) groups is 1. The molecule has 2 N–H and O–H groups in total. The van der Waals surface area contributed by atoms with Crippen molar-refractivity contribution in [1.29, 1.82) is 0 Å². The molecule has 1 amide bonds. The highest BCUT2D eigenvalue weighted by Crippen LogP contribution is 2.35. The smallest absolute Gasteiger partial charge is 0.264 e. The van der Waals surface area contributed by atoms with Crippen LogP contribution >= 0.6 is 22.7 Å². The Morgan fingerprint density at radius 1 is 1.35 bits per heavy atom. The Balaban J connectivity index is 1.59. The van der Waals surface area contributed by atoms with Gasteiger partial charge in [0.15, 0.2) is 5.13 Å². The van der Waals surface area contributed by atoms with Crippen LogP contribution < -0.4 is 10.6 Å². The predicted molar refractivity (Wildman–Crippen MR) is 110 cm³/mol. The highest BCUT2D eigenvalue weighted by molar-refractivity contribution is 7.29. The molecule has 26 heavy (non-hydrogen) atoms. The van der Waals surface area contributed by atoms with E-state index in [2.05, 4.69) is 18.7 Å². The van der Waals surface area contributed by atoms with Crippen molar-refractivity contribution in [2.24, 2.45) is 5.73 Å². The molecule has 1 saturated heterocycles. The molecule has 2 aromatic rings. The van der Waals surface area contributed by atoms with Gasteiger partial charge in [0.05, 0.1) is 15.7 Å². The summed E-state index contributed by atoms with van der Waals surface area (Å²) in [4.78, 5) is 23.5. The standard InChI is InChI=1S/C18H28N4O2S2/c1-3-21(4-2)18-20-16-14(26-18)12-15(25-16)17(23)22-9-6-13(7-10-22)24-11-5-8-19/h12-13H,3-11,19H2,1-2H3. The van der Waals surface area contributed by atoms with Crippen LogP contribution in [-0.2, 0) is 4.74 Å². The fraction of sp³-hybridized carbons (Fsp3) is 0.667. The third-order valence-electron chi connectivity index (χ3n) is 4.75. The Kier molecular flexibility index (Phi) is 6.86. The van der Waals surface area contributed by atoms with Gasteiger partial charge in [-0.05, 0) is 45.7 Å². The highest BCUT2D eigenvalue weighted by atomic mass is 32.1. The number of thiophene rings is 1. The van der Waals surface area contributed by atoms with Crippen LogP contribution in [0.2, 0.25) is 0 Å². The number of ether oxygens (including phenoxy) is 1. The van der Waals surface area contributed by atoms with Crippen molar-refractivity contribution in [1.82, 2.24) is 9.88 Å². The second-order valence-corrected chi connectivity index (χ2v) is 8.49. The van der Waals surface area contributed by atoms with Crippen molar-refractivity contribution in [3.8, 4) is 0 Å². The van der Waals surface area contributed by atoms with Crippen LogP contribution in [0.3, 0.4) is 0 Å². The molecule has 0 saturated carbocycles. The molecule has 0 aliphatic carbocycles. The summed E-state index contributed by atoms with van der Waals surface area (Å²) in [6, 6.07) is 2.01. The number of thiazole rings is 1. The van der Waals surface area contributed by atoms with Crippen LogP contribution in [0.15, 0.2) is 6.07 Å². The zero-order valence-electron chi connectivity index (χ0n) is 15.6. The largest absolute Gasteiger partial charge is 0.378 e. The topological polar surface area (TPSA) is 71.7 Å². The summed E-state index contributed by atoms with van der Waals surface area (Å²) in [6.07, 6.45) is 2.96. The molecule has 2 aromatic heterocycles. The van der Waals surface area contributed by atoms with Gasteiger partial charge in [0.2, 0.25) is 0 Å². The summed E-state index contributed by atoms with van der Waals surface area (Å²) < 4.78 is 6.93. The quantitative estimate of drug-likeness (QED) is 0.694. The molecule has 1 aliphatic heterocycles. The van der Waals surface area contributed by atoms with E-state index in [0.717, 1.165) is 71.6 Å². The van der Waals surface area contributed by atoms with Crippen LogP contribution in [0.4, 0.5) is 5.13 Å². The van der Waals surface area contributed by atoms with Gasteiger partial charge in [0.25, 0.3) is 5.91 Å². The molecule has 6 nitrogen and oxygen atoms in total. The maximum atomic E-state index is 12.8. The zero-order chi connectivity index (χ0) is 18.5. The first-order chi connectivity index (χ1) is 12.7. The van der Waals surface area contributed by atoms with E-state index in [1.165, 1.54) is 11.3 Å². The summed E-state index contributed by atoms with van der Waals surface area (Å²) in [7, 11) is 0. The second-order valence-electron chi connectivity index (χ2n) is 6.45. The van der Waals surface area contributed by atoms with Crippen LogP contribution in [-0.4, -0.2) is 61.2 Å². The van der Waals surface area contributed by atoms with Gasteiger partial charge in [-0.3, -0.25) is 4.79 Å². The number of carbonyl (C=O) groups excluding carboxylic acids is 1. The van der Waals surface area contributed by atoms with E-state index >= 15 is 0 Å². The lowest BCUT2D eigenvalue weighted by Crippen LogP contribution is -2.40. The summed E-state index contributed by atoms with van der Waals surface area (Å²) >= 11 is 3.19.